The van der Waals surface area contributed by atoms with Crippen LogP contribution in [0.3, 0.4) is 0 Å². The third-order valence-electron chi connectivity index (χ3n) is 7.18. The minimum absolute atomic E-state index is 0.0654. The average molecular weight is 459 g/mol. The van der Waals surface area contributed by atoms with Crippen molar-refractivity contribution in [1.29, 1.82) is 0 Å². The molecule has 1 aliphatic carbocycles. The summed E-state index contributed by atoms with van der Waals surface area (Å²) >= 11 is 0. The normalized spacial score (nSPS) is 24.5. The summed E-state index contributed by atoms with van der Waals surface area (Å²) in [5, 5.41) is 3.35. The average Bonchev–Trinajstić information content (AvgIpc) is 3.28. The van der Waals surface area contributed by atoms with E-state index in [9.17, 15) is 18.0 Å². The number of halogens is 3. The molecule has 0 bridgehead atoms. The zero-order valence-electron chi connectivity index (χ0n) is 19.5. The van der Waals surface area contributed by atoms with Gasteiger partial charge in [-0.05, 0) is 47.3 Å². The largest absolute Gasteiger partial charge is 0.416 e. The fraction of sp³-hybridized carbons (Fsp3) is 0.519. The van der Waals surface area contributed by atoms with E-state index in [1.54, 1.807) is 6.07 Å². The van der Waals surface area contributed by atoms with E-state index in [0.29, 0.717) is 23.9 Å². The third kappa shape index (κ3) is 5.43. The van der Waals surface area contributed by atoms with Crippen molar-refractivity contribution in [3.05, 3.63) is 71.3 Å². The summed E-state index contributed by atoms with van der Waals surface area (Å²) in [4.78, 5) is 15.6. The monoisotopic (exact) mass is 458 g/mol. The molecule has 1 N–H and O–H groups in total. The van der Waals surface area contributed by atoms with Gasteiger partial charge in [0, 0.05) is 25.7 Å². The third-order valence-corrected chi connectivity index (χ3v) is 7.18. The Balaban J connectivity index is 1.41. The molecule has 1 unspecified atom stereocenters. The molecule has 178 valence electrons. The predicted octanol–water partition coefficient (Wildman–Crippen LogP) is 5.86. The van der Waals surface area contributed by atoms with E-state index in [2.05, 4.69) is 31.0 Å². The number of carbonyl (C=O) groups excluding carboxylic acids is 1. The second kappa shape index (κ2) is 9.13. The Kier molecular flexibility index (Phi) is 6.59. The molecular weight excluding hydrogens is 425 g/mol. The number of hydrogen-bond acceptors (Lipinski definition) is 2. The number of rotatable bonds is 5. The van der Waals surface area contributed by atoms with Crippen molar-refractivity contribution in [3.63, 3.8) is 0 Å². The lowest BCUT2D eigenvalue weighted by atomic mass is 9.75. The van der Waals surface area contributed by atoms with Crippen molar-refractivity contribution in [2.24, 2.45) is 17.3 Å². The first kappa shape index (κ1) is 23.8. The Morgan fingerprint density at radius 3 is 2.42 bits per heavy atom. The molecule has 1 heterocycles. The Hall–Kier alpha value is -2.34. The highest BCUT2D eigenvalue weighted by atomic mass is 19.4. The fourth-order valence-corrected chi connectivity index (χ4v) is 5.73. The molecule has 4 atom stereocenters. The smallest absolute Gasteiger partial charge is 0.352 e. The first-order valence-electron chi connectivity index (χ1n) is 11.8. The maximum atomic E-state index is 13.4. The highest BCUT2D eigenvalue weighted by molar-refractivity contribution is 5.84. The van der Waals surface area contributed by atoms with Crippen molar-refractivity contribution >= 4 is 5.91 Å². The highest BCUT2D eigenvalue weighted by Gasteiger charge is 2.44. The molecule has 6 heteroatoms. The Labute approximate surface area is 194 Å². The number of amides is 1. The van der Waals surface area contributed by atoms with E-state index in [4.69, 9.17) is 0 Å². The topological polar surface area (TPSA) is 32.3 Å². The molecule has 1 aliphatic heterocycles. The molecule has 2 aliphatic rings. The number of benzene rings is 2. The molecule has 3 nitrogen and oxygen atoms in total. The molecule has 4 rings (SSSR count). The second-order valence-corrected chi connectivity index (χ2v) is 10.7. The number of fused-ring (bicyclic) bond motifs is 1. The van der Waals surface area contributed by atoms with Crippen LogP contribution in [0.25, 0.3) is 0 Å². The highest BCUT2D eigenvalue weighted by Crippen LogP contribution is 2.41. The summed E-state index contributed by atoms with van der Waals surface area (Å²) in [6.07, 6.45) is -2.32. The number of nitrogens with one attached hydrogen (secondary N) is 1. The van der Waals surface area contributed by atoms with Crippen LogP contribution < -0.4 is 5.32 Å². The van der Waals surface area contributed by atoms with Crippen LogP contribution in [-0.4, -0.2) is 29.9 Å². The van der Waals surface area contributed by atoms with E-state index in [0.717, 1.165) is 37.6 Å². The maximum Gasteiger partial charge on any atom is 0.416 e. The van der Waals surface area contributed by atoms with E-state index in [1.807, 2.05) is 30.3 Å². The fourth-order valence-electron chi connectivity index (χ4n) is 5.73. The molecule has 1 saturated heterocycles. The minimum atomic E-state index is -4.32. The van der Waals surface area contributed by atoms with Gasteiger partial charge in [-0.25, -0.2) is 0 Å². The summed E-state index contributed by atoms with van der Waals surface area (Å²) in [5.41, 5.74) is 0.893. The Morgan fingerprint density at radius 1 is 1.03 bits per heavy atom. The molecule has 0 spiro atoms. The van der Waals surface area contributed by atoms with Gasteiger partial charge in [-0.3, -0.25) is 9.69 Å². The zero-order valence-corrected chi connectivity index (χ0v) is 19.5. The molecule has 1 saturated carbocycles. The Bertz CT molecular complexity index is 967. The van der Waals surface area contributed by atoms with Gasteiger partial charge in [0.1, 0.15) is 0 Å². The van der Waals surface area contributed by atoms with Crippen LogP contribution in [0.15, 0.2) is 54.6 Å². The lowest BCUT2D eigenvalue weighted by Crippen LogP contribution is -2.44. The van der Waals surface area contributed by atoms with Crippen LogP contribution >= 0.6 is 0 Å². The number of carbonyl (C=O) groups is 1. The lowest BCUT2D eigenvalue weighted by molar-refractivity contribution is -0.137. The van der Waals surface area contributed by atoms with E-state index >= 15 is 0 Å². The van der Waals surface area contributed by atoms with Gasteiger partial charge in [-0.1, -0.05) is 69.3 Å². The maximum absolute atomic E-state index is 13.4. The van der Waals surface area contributed by atoms with Gasteiger partial charge in [0.2, 0.25) is 5.91 Å². The van der Waals surface area contributed by atoms with Crippen LogP contribution in [0.2, 0.25) is 0 Å². The number of nitrogens with zero attached hydrogens (tertiary/aromatic N) is 1. The molecule has 0 aromatic heterocycles. The van der Waals surface area contributed by atoms with E-state index in [-0.39, 0.29) is 23.3 Å². The number of alkyl halides is 3. The molecule has 2 aromatic carbocycles. The van der Waals surface area contributed by atoms with Crippen molar-refractivity contribution in [3.8, 4) is 0 Å². The number of likely N-dealkylation sites (tertiary alicyclic amines) is 1. The SMILES string of the molecule is CC(C)(C)C(C(=O)N[C@H]1CC[C@H]2CN(Cc3cccc(C(F)(F)F)c3)C[C@H]21)c1ccccc1. The number of hydrogen-bond donors (Lipinski definition) is 1. The first-order valence-corrected chi connectivity index (χ1v) is 11.8. The molecular formula is C27H33F3N2O. The van der Waals surface area contributed by atoms with Crippen molar-refractivity contribution in [1.82, 2.24) is 10.2 Å². The van der Waals surface area contributed by atoms with Crippen LogP contribution in [-0.2, 0) is 17.5 Å². The van der Waals surface area contributed by atoms with Crippen molar-refractivity contribution in [2.45, 2.75) is 58.3 Å². The summed E-state index contributed by atoms with van der Waals surface area (Å²) in [6, 6.07) is 15.6. The van der Waals surface area contributed by atoms with Gasteiger partial charge in [0.05, 0.1) is 11.5 Å². The van der Waals surface area contributed by atoms with E-state index in [1.165, 1.54) is 12.1 Å². The molecule has 33 heavy (non-hydrogen) atoms. The summed E-state index contributed by atoms with van der Waals surface area (Å²) < 4.78 is 39.2. The standard InChI is InChI=1S/C27H33F3N2O/c1-26(2,3)24(19-9-5-4-6-10-19)25(33)31-23-13-12-20-16-32(17-22(20)23)15-18-8-7-11-21(14-18)27(28,29)30/h4-11,14,20,22-24H,12-13,15-17H2,1-3H3,(H,31,33)/t20-,22+,23-,24?/m0/s1. The van der Waals surface area contributed by atoms with Gasteiger partial charge in [0.15, 0.2) is 0 Å². The quantitative estimate of drug-likeness (QED) is 0.609. The van der Waals surface area contributed by atoms with Gasteiger partial charge >= 0.3 is 6.18 Å². The van der Waals surface area contributed by atoms with E-state index < -0.39 is 11.7 Å². The lowest BCUT2D eigenvalue weighted by Gasteiger charge is -2.32. The second-order valence-electron chi connectivity index (χ2n) is 10.7. The zero-order chi connectivity index (χ0) is 23.8. The van der Waals surface area contributed by atoms with Gasteiger partial charge in [-0.2, -0.15) is 13.2 Å². The van der Waals surface area contributed by atoms with Crippen LogP contribution in [0, 0.1) is 17.3 Å². The van der Waals surface area contributed by atoms with Gasteiger partial charge in [-0.15, -0.1) is 0 Å². The van der Waals surface area contributed by atoms with Crippen LogP contribution in [0.5, 0.6) is 0 Å². The minimum Gasteiger partial charge on any atom is -0.352 e. The molecule has 2 aromatic rings. The van der Waals surface area contributed by atoms with Crippen molar-refractivity contribution < 1.29 is 18.0 Å². The van der Waals surface area contributed by atoms with Crippen LogP contribution in [0.4, 0.5) is 13.2 Å². The predicted molar refractivity (Wildman–Crippen MR) is 124 cm³/mol. The molecule has 0 radical (unpaired) electrons. The Morgan fingerprint density at radius 2 is 1.76 bits per heavy atom. The molecule has 2 fully saturated rings. The summed E-state index contributed by atoms with van der Waals surface area (Å²) in [6.45, 7) is 8.45. The van der Waals surface area contributed by atoms with Crippen molar-refractivity contribution in [2.75, 3.05) is 13.1 Å². The van der Waals surface area contributed by atoms with Gasteiger partial charge < -0.3 is 5.32 Å². The van der Waals surface area contributed by atoms with Crippen LogP contribution in [0.1, 0.15) is 56.2 Å². The van der Waals surface area contributed by atoms with Gasteiger partial charge in [0.25, 0.3) is 0 Å². The molecule has 1 amide bonds. The summed E-state index contributed by atoms with van der Waals surface area (Å²) in [5.74, 6) is 0.651. The first-order chi connectivity index (χ1) is 15.5. The summed E-state index contributed by atoms with van der Waals surface area (Å²) in [7, 11) is 0.